The van der Waals surface area contributed by atoms with E-state index in [9.17, 15) is 9.59 Å². The van der Waals surface area contributed by atoms with Crippen LogP contribution in [0.5, 0.6) is 5.75 Å². The number of halogens is 1. The number of aromatic nitrogens is 4. The van der Waals surface area contributed by atoms with Crippen molar-refractivity contribution in [2.75, 3.05) is 6.61 Å². The summed E-state index contributed by atoms with van der Waals surface area (Å²) in [4.78, 5) is 28.3. The van der Waals surface area contributed by atoms with Crippen LogP contribution in [0.3, 0.4) is 0 Å². The number of rotatable bonds is 4. The Balaban J connectivity index is 1.89. The van der Waals surface area contributed by atoms with E-state index in [-0.39, 0.29) is 5.56 Å². The lowest BCUT2D eigenvalue weighted by Crippen LogP contribution is -2.37. The van der Waals surface area contributed by atoms with Gasteiger partial charge >= 0.3 is 5.69 Å². The third-order valence-electron chi connectivity index (χ3n) is 3.64. The van der Waals surface area contributed by atoms with Gasteiger partial charge in [-0.2, -0.15) is 0 Å². The van der Waals surface area contributed by atoms with Crippen LogP contribution in [0.25, 0.3) is 11.2 Å². The number of nitrogens with zero attached hydrogens (tertiary/aromatic N) is 4. The van der Waals surface area contributed by atoms with Crippen molar-refractivity contribution in [2.24, 2.45) is 14.1 Å². The Morgan fingerprint density at radius 1 is 1.17 bits per heavy atom. The molecular formula is C15H15ClN4O3. The second kappa shape index (κ2) is 5.92. The number of hydrogen-bond donors (Lipinski definition) is 0. The fraction of sp³-hybridized carbons (Fsp3) is 0.267. The largest absolute Gasteiger partial charge is 0.490 e. The average molecular weight is 335 g/mol. The molecule has 8 heteroatoms. The molecule has 7 nitrogen and oxygen atoms in total. The van der Waals surface area contributed by atoms with Gasteiger partial charge in [-0.05, 0) is 12.1 Å². The SMILES string of the molecule is Cn1c(=O)c2c(ncn2CCOc2ccccc2Cl)n(C)c1=O. The van der Waals surface area contributed by atoms with Crippen LogP contribution in [0.4, 0.5) is 0 Å². The number of ether oxygens (including phenoxy) is 1. The van der Waals surface area contributed by atoms with Crippen LogP contribution in [0.1, 0.15) is 0 Å². The molecule has 0 spiro atoms. The van der Waals surface area contributed by atoms with Crippen molar-refractivity contribution < 1.29 is 4.74 Å². The zero-order chi connectivity index (χ0) is 16.6. The molecule has 0 bridgehead atoms. The minimum Gasteiger partial charge on any atom is -0.490 e. The summed E-state index contributed by atoms with van der Waals surface area (Å²) in [6, 6.07) is 7.17. The van der Waals surface area contributed by atoms with Crippen molar-refractivity contribution in [1.29, 1.82) is 0 Å². The first-order valence-electron chi connectivity index (χ1n) is 6.99. The van der Waals surface area contributed by atoms with Gasteiger partial charge in [-0.1, -0.05) is 23.7 Å². The van der Waals surface area contributed by atoms with Gasteiger partial charge in [-0.15, -0.1) is 0 Å². The molecular weight excluding hydrogens is 320 g/mol. The summed E-state index contributed by atoms with van der Waals surface area (Å²) in [5.41, 5.74) is -0.0494. The van der Waals surface area contributed by atoms with E-state index in [2.05, 4.69) is 4.98 Å². The molecule has 0 fully saturated rings. The van der Waals surface area contributed by atoms with Crippen LogP contribution in [-0.2, 0) is 20.6 Å². The van der Waals surface area contributed by atoms with E-state index in [0.717, 1.165) is 4.57 Å². The fourth-order valence-electron chi connectivity index (χ4n) is 2.38. The fourth-order valence-corrected chi connectivity index (χ4v) is 2.57. The van der Waals surface area contributed by atoms with E-state index in [1.165, 1.54) is 17.9 Å². The second-order valence-electron chi connectivity index (χ2n) is 5.09. The summed E-state index contributed by atoms with van der Waals surface area (Å²) in [7, 11) is 3.03. The zero-order valence-electron chi connectivity index (χ0n) is 12.7. The topological polar surface area (TPSA) is 71.0 Å². The molecule has 0 radical (unpaired) electrons. The number of hydrogen-bond acceptors (Lipinski definition) is 4. The van der Waals surface area contributed by atoms with Gasteiger partial charge in [-0.3, -0.25) is 13.9 Å². The van der Waals surface area contributed by atoms with Crippen molar-refractivity contribution in [1.82, 2.24) is 18.7 Å². The molecule has 3 aromatic rings. The normalized spacial score (nSPS) is 11.1. The molecule has 0 unspecified atom stereocenters. The molecule has 0 saturated carbocycles. The Kier molecular flexibility index (Phi) is 3.96. The monoisotopic (exact) mass is 334 g/mol. The summed E-state index contributed by atoms with van der Waals surface area (Å²) >= 11 is 6.03. The summed E-state index contributed by atoms with van der Waals surface area (Å²) in [6.07, 6.45) is 1.53. The second-order valence-corrected chi connectivity index (χ2v) is 5.50. The highest BCUT2D eigenvalue weighted by Crippen LogP contribution is 2.23. The number of fused-ring (bicyclic) bond motifs is 1. The quantitative estimate of drug-likeness (QED) is 0.718. The molecule has 2 heterocycles. The standard InChI is InChI=1S/C15H15ClN4O3/c1-18-13-12(14(21)19(2)15(18)22)20(9-17-13)7-8-23-11-6-4-3-5-10(11)16/h3-6,9H,7-8H2,1-2H3. The number of benzene rings is 1. The molecule has 0 saturated heterocycles. The highest BCUT2D eigenvalue weighted by atomic mass is 35.5. The van der Waals surface area contributed by atoms with Crippen molar-refractivity contribution in [3.63, 3.8) is 0 Å². The Labute approximate surface area is 136 Å². The number of imidazole rings is 1. The Bertz CT molecular complexity index is 987. The summed E-state index contributed by atoms with van der Waals surface area (Å²) in [6.45, 7) is 0.732. The highest BCUT2D eigenvalue weighted by Gasteiger charge is 2.14. The number of aryl methyl sites for hydroxylation is 1. The number of para-hydroxylation sites is 1. The first kappa shape index (κ1) is 15.4. The van der Waals surface area contributed by atoms with Crippen molar-refractivity contribution in [3.05, 3.63) is 56.5 Å². The van der Waals surface area contributed by atoms with E-state index in [1.807, 2.05) is 12.1 Å². The van der Waals surface area contributed by atoms with Gasteiger partial charge in [0.25, 0.3) is 5.56 Å². The molecule has 0 N–H and O–H groups in total. The Hall–Kier alpha value is -2.54. The van der Waals surface area contributed by atoms with Crippen LogP contribution in [0.2, 0.25) is 5.02 Å². The molecule has 1 aromatic carbocycles. The minimum atomic E-state index is -0.403. The summed E-state index contributed by atoms with van der Waals surface area (Å²) in [5, 5.41) is 0.529. The maximum absolute atomic E-state index is 12.3. The van der Waals surface area contributed by atoms with E-state index in [0.29, 0.717) is 35.1 Å². The third kappa shape index (κ3) is 2.63. The molecule has 0 aliphatic carbocycles. The summed E-state index contributed by atoms with van der Waals surface area (Å²) < 4.78 is 9.71. The van der Waals surface area contributed by atoms with Gasteiger partial charge in [-0.25, -0.2) is 9.78 Å². The van der Waals surface area contributed by atoms with Crippen LogP contribution in [0, 0.1) is 0 Å². The van der Waals surface area contributed by atoms with E-state index >= 15 is 0 Å². The van der Waals surface area contributed by atoms with Gasteiger partial charge < -0.3 is 9.30 Å². The predicted molar refractivity (Wildman–Crippen MR) is 87.2 cm³/mol. The van der Waals surface area contributed by atoms with Crippen LogP contribution in [-0.4, -0.2) is 25.3 Å². The molecule has 0 aliphatic rings. The first-order chi connectivity index (χ1) is 11.0. The molecule has 23 heavy (non-hydrogen) atoms. The highest BCUT2D eigenvalue weighted by molar-refractivity contribution is 6.32. The molecule has 0 atom stereocenters. The van der Waals surface area contributed by atoms with Crippen molar-refractivity contribution >= 4 is 22.8 Å². The maximum atomic E-state index is 12.3. The first-order valence-corrected chi connectivity index (χ1v) is 7.36. The molecule has 2 aromatic heterocycles. The molecule has 0 aliphatic heterocycles. The molecule has 120 valence electrons. The lowest BCUT2D eigenvalue weighted by molar-refractivity contribution is 0.300. The average Bonchev–Trinajstić information content (AvgIpc) is 2.97. The third-order valence-corrected chi connectivity index (χ3v) is 3.96. The Morgan fingerprint density at radius 3 is 2.65 bits per heavy atom. The van der Waals surface area contributed by atoms with Crippen molar-refractivity contribution in [3.8, 4) is 5.75 Å². The lowest BCUT2D eigenvalue weighted by Gasteiger charge is -2.09. The van der Waals surface area contributed by atoms with Crippen LogP contribution >= 0.6 is 11.6 Å². The maximum Gasteiger partial charge on any atom is 0.332 e. The van der Waals surface area contributed by atoms with Crippen molar-refractivity contribution in [2.45, 2.75) is 6.54 Å². The predicted octanol–water partition coefficient (Wildman–Crippen LogP) is 1.17. The van der Waals surface area contributed by atoms with Gasteiger partial charge in [0.2, 0.25) is 0 Å². The van der Waals surface area contributed by atoms with E-state index < -0.39 is 5.69 Å². The minimum absolute atomic E-state index is 0.321. The van der Waals surface area contributed by atoms with Crippen LogP contribution in [0.15, 0.2) is 40.2 Å². The van der Waals surface area contributed by atoms with Gasteiger partial charge in [0.05, 0.1) is 17.9 Å². The smallest absolute Gasteiger partial charge is 0.332 e. The molecule has 0 amide bonds. The summed E-state index contributed by atoms with van der Waals surface area (Å²) in [5.74, 6) is 0.582. The lowest BCUT2D eigenvalue weighted by atomic mass is 10.3. The van der Waals surface area contributed by atoms with Gasteiger partial charge in [0.15, 0.2) is 11.2 Å². The van der Waals surface area contributed by atoms with E-state index in [1.54, 1.807) is 23.7 Å². The van der Waals surface area contributed by atoms with Gasteiger partial charge in [0.1, 0.15) is 12.4 Å². The van der Waals surface area contributed by atoms with Gasteiger partial charge in [0, 0.05) is 14.1 Å². The van der Waals surface area contributed by atoms with E-state index in [4.69, 9.17) is 16.3 Å². The van der Waals surface area contributed by atoms with Crippen LogP contribution < -0.4 is 16.0 Å². The Morgan fingerprint density at radius 2 is 1.91 bits per heavy atom. The zero-order valence-corrected chi connectivity index (χ0v) is 13.4. The molecule has 3 rings (SSSR count).